The lowest BCUT2D eigenvalue weighted by Gasteiger charge is -2.14. The van der Waals surface area contributed by atoms with E-state index in [1.54, 1.807) is 7.11 Å². The summed E-state index contributed by atoms with van der Waals surface area (Å²) in [5.74, 6) is 0.445. The third-order valence-corrected chi connectivity index (χ3v) is 3.44. The van der Waals surface area contributed by atoms with E-state index in [-0.39, 0.29) is 23.2 Å². The van der Waals surface area contributed by atoms with Gasteiger partial charge in [0.05, 0.1) is 7.11 Å². The van der Waals surface area contributed by atoms with Gasteiger partial charge in [-0.25, -0.2) is 0 Å². The van der Waals surface area contributed by atoms with Gasteiger partial charge in [-0.2, -0.15) is 0 Å². The molecule has 2 aromatic rings. The van der Waals surface area contributed by atoms with Crippen molar-refractivity contribution in [3.05, 3.63) is 42.0 Å². The molecule has 3 N–H and O–H groups in total. The number of benzene rings is 2. The molecule has 2 rings (SSSR count). The Morgan fingerprint density at radius 1 is 1.09 bits per heavy atom. The highest BCUT2D eigenvalue weighted by Gasteiger charge is 2.09. The average molecular weight is 315 g/mol. The molecule has 0 bridgehead atoms. The Balaban J connectivity index is 2.27. The number of methoxy groups -OCH3 is 1. The molecule has 0 aliphatic heterocycles. The van der Waals surface area contributed by atoms with Crippen molar-refractivity contribution in [1.82, 2.24) is 5.32 Å². The van der Waals surface area contributed by atoms with Crippen molar-refractivity contribution >= 4 is 11.4 Å². The van der Waals surface area contributed by atoms with Crippen molar-refractivity contribution in [1.29, 1.82) is 0 Å². The van der Waals surface area contributed by atoms with E-state index in [2.05, 4.69) is 29.4 Å². The molecule has 0 aliphatic rings. The summed E-state index contributed by atoms with van der Waals surface area (Å²) in [5, 5.41) is 30.5. The number of nitrogens with one attached hydrogen (secondary N) is 1. The first kappa shape index (κ1) is 16.8. The minimum Gasteiger partial charge on any atom is -0.508 e. The molecule has 0 spiro atoms. The number of hydrogen-bond donors (Lipinski definition) is 3. The van der Waals surface area contributed by atoms with Gasteiger partial charge in [-0.3, -0.25) is 0 Å². The quantitative estimate of drug-likeness (QED) is 0.697. The predicted octanol–water partition coefficient (Wildman–Crippen LogP) is 4.19. The third-order valence-electron chi connectivity index (χ3n) is 3.44. The molecule has 1 atom stereocenters. The molecule has 6 heteroatoms. The van der Waals surface area contributed by atoms with Crippen LogP contribution < -0.4 is 10.1 Å². The number of azo groups is 1. The highest BCUT2D eigenvalue weighted by molar-refractivity contribution is 5.56. The third kappa shape index (κ3) is 4.20. The molecule has 6 nitrogen and oxygen atoms in total. The Hall–Kier alpha value is -2.60. The molecular formula is C17H21N3O3. The molecule has 0 heterocycles. The lowest BCUT2D eigenvalue weighted by atomic mass is 10.1. The van der Waals surface area contributed by atoms with E-state index in [4.69, 9.17) is 4.74 Å². The number of aromatic hydroxyl groups is 2. The van der Waals surface area contributed by atoms with Crippen LogP contribution in [-0.2, 0) is 0 Å². The van der Waals surface area contributed by atoms with Crippen LogP contribution in [0.2, 0.25) is 0 Å². The zero-order chi connectivity index (χ0) is 16.8. The van der Waals surface area contributed by atoms with E-state index in [1.807, 2.05) is 18.2 Å². The van der Waals surface area contributed by atoms with Gasteiger partial charge in [0.2, 0.25) is 0 Å². The number of rotatable bonds is 6. The monoisotopic (exact) mass is 315 g/mol. The van der Waals surface area contributed by atoms with Crippen molar-refractivity contribution in [2.75, 3.05) is 13.7 Å². The summed E-state index contributed by atoms with van der Waals surface area (Å²) in [4.78, 5) is 0. The predicted molar refractivity (Wildman–Crippen MR) is 89.0 cm³/mol. The van der Waals surface area contributed by atoms with Crippen molar-refractivity contribution in [2.24, 2.45) is 10.2 Å². The summed E-state index contributed by atoms with van der Waals surface area (Å²) >= 11 is 0. The van der Waals surface area contributed by atoms with Crippen LogP contribution in [0.5, 0.6) is 17.2 Å². The van der Waals surface area contributed by atoms with Gasteiger partial charge >= 0.3 is 0 Å². The Morgan fingerprint density at radius 2 is 1.78 bits per heavy atom. The van der Waals surface area contributed by atoms with Gasteiger partial charge in [0.15, 0.2) is 0 Å². The van der Waals surface area contributed by atoms with Crippen LogP contribution in [0.25, 0.3) is 0 Å². The van der Waals surface area contributed by atoms with Gasteiger partial charge < -0.3 is 20.3 Å². The maximum atomic E-state index is 9.72. The number of phenols is 2. The first-order chi connectivity index (χ1) is 11.0. The fourth-order valence-electron chi connectivity index (χ4n) is 2.17. The number of phenolic OH excluding ortho intramolecular Hbond substituents is 2. The van der Waals surface area contributed by atoms with Crippen LogP contribution in [0.1, 0.15) is 25.5 Å². The lowest BCUT2D eigenvalue weighted by Crippen LogP contribution is -2.17. The van der Waals surface area contributed by atoms with Gasteiger partial charge in [0, 0.05) is 12.1 Å². The first-order valence-electron chi connectivity index (χ1n) is 7.40. The van der Waals surface area contributed by atoms with Crippen LogP contribution in [-0.4, -0.2) is 23.9 Å². The van der Waals surface area contributed by atoms with Crippen LogP contribution >= 0.6 is 0 Å². The van der Waals surface area contributed by atoms with Crippen molar-refractivity contribution in [3.63, 3.8) is 0 Å². The molecule has 2 aromatic carbocycles. The van der Waals surface area contributed by atoms with E-state index in [1.165, 1.54) is 18.2 Å². The molecular weight excluding hydrogens is 294 g/mol. The minimum absolute atomic E-state index is 0.0270. The highest BCUT2D eigenvalue weighted by atomic mass is 16.5. The second-order valence-corrected chi connectivity index (χ2v) is 5.08. The fourth-order valence-corrected chi connectivity index (χ4v) is 2.17. The second kappa shape index (κ2) is 7.60. The van der Waals surface area contributed by atoms with Crippen LogP contribution in [0.3, 0.4) is 0 Å². The summed E-state index contributed by atoms with van der Waals surface area (Å²) < 4.78 is 5.37. The molecule has 122 valence electrons. The van der Waals surface area contributed by atoms with E-state index in [0.717, 1.165) is 12.1 Å². The van der Waals surface area contributed by atoms with E-state index in [0.29, 0.717) is 11.4 Å². The van der Waals surface area contributed by atoms with Crippen molar-refractivity contribution in [3.8, 4) is 17.2 Å². The average Bonchev–Trinajstić information content (AvgIpc) is 2.54. The standard InChI is InChI=1S/C17H21N3O3/c1-4-18-11(2)12-5-7-15(17(9-12)23-3)20-19-14-8-6-13(21)10-16(14)22/h5-11,18,21-22H,4H2,1-3H3. The Morgan fingerprint density at radius 3 is 2.43 bits per heavy atom. The zero-order valence-corrected chi connectivity index (χ0v) is 13.4. The summed E-state index contributed by atoms with van der Waals surface area (Å²) in [6, 6.07) is 10.0. The number of hydrogen-bond acceptors (Lipinski definition) is 6. The van der Waals surface area contributed by atoms with E-state index in [9.17, 15) is 10.2 Å². The maximum absolute atomic E-state index is 9.72. The summed E-state index contributed by atoms with van der Waals surface area (Å²) in [6.45, 7) is 5.01. The largest absolute Gasteiger partial charge is 0.508 e. The highest BCUT2D eigenvalue weighted by Crippen LogP contribution is 2.34. The van der Waals surface area contributed by atoms with E-state index >= 15 is 0 Å². The first-order valence-corrected chi connectivity index (χ1v) is 7.40. The van der Waals surface area contributed by atoms with Crippen LogP contribution in [0.15, 0.2) is 46.6 Å². The summed E-state index contributed by atoms with van der Waals surface area (Å²) in [5.41, 5.74) is 1.93. The molecule has 0 aliphatic carbocycles. The molecule has 0 fully saturated rings. The molecule has 0 amide bonds. The molecule has 0 aromatic heterocycles. The zero-order valence-electron chi connectivity index (χ0n) is 13.4. The van der Waals surface area contributed by atoms with Crippen LogP contribution in [0.4, 0.5) is 11.4 Å². The second-order valence-electron chi connectivity index (χ2n) is 5.08. The summed E-state index contributed by atoms with van der Waals surface area (Å²) in [6.07, 6.45) is 0. The van der Waals surface area contributed by atoms with Gasteiger partial charge in [0.1, 0.15) is 28.6 Å². The maximum Gasteiger partial charge on any atom is 0.146 e. The van der Waals surface area contributed by atoms with Crippen molar-refractivity contribution in [2.45, 2.75) is 19.9 Å². The molecule has 1 unspecified atom stereocenters. The fraction of sp³-hybridized carbons (Fsp3) is 0.294. The summed E-state index contributed by atoms with van der Waals surface area (Å²) in [7, 11) is 1.58. The normalized spacial score (nSPS) is 12.5. The van der Waals surface area contributed by atoms with E-state index < -0.39 is 0 Å². The Labute approximate surface area is 135 Å². The number of ether oxygens (including phenoxy) is 1. The number of nitrogens with zero attached hydrogens (tertiary/aromatic N) is 2. The van der Waals surface area contributed by atoms with Gasteiger partial charge in [0.25, 0.3) is 0 Å². The van der Waals surface area contributed by atoms with Crippen molar-refractivity contribution < 1.29 is 14.9 Å². The van der Waals surface area contributed by atoms with Gasteiger partial charge in [-0.05, 0) is 43.3 Å². The SMILES string of the molecule is CCNC(C)c1ccc(N=Nc2ccc(O)cc2O)c(OC)c1. The Bertz CT molecular complexity index is 701. The molecule has 0 saturated carbocycles. The topological polar surface area (TPSA) is 86.4 Å². The molecule has 0 saturated heterocycles. The van der Waals surface area contributed by atoms with Gasteiger partial charge in [-0.15, -0.1) is 10.2 Å². The lowest BCUT2D eigenvalue weighted by molar-refractivity contribution is 0.414. The Kier molecular flexibility index (Phi) is 5.54. The molecule has 23 heavy (non-hydrogen) atoms. The van der Waals surface area contributed by atoms with Crippen LogP contribution in [0, 0.1) is 0 Å². The minimum atomic E-state index is -0.134. The molecule has 0 radical (unpaired) electrons. The smallest absolute Gasteiger partial charge is 0.146 e. The van der Waals surface area contributed by atoms with Gasteiger partial charge in [-0.1, -0.05) is 13.0 Å².